The molecule has 3 unspecified atom stereocenters. The van der Waals surface area contributed by atoms with E-state index in [-0.39, 0.29) is 0 Å². The average Bonchev–Trinajstić information content (AvgIpc) is 2.93. The molecule has 88 valence electrons. The summed E-state index contributed by atoms with van der Waals surface area (Å²) in [5.41, 5.74) is 0.748. The van der Waals surface area contributed by atoms with E-state index in [1.54, 1.807) is 7.11 Å². The summed E-state index contributed by atoms with van der Waals surface area (Å²) in [5, 5.41) is 3.52. The molecule has 1 N–H and O–H groups in total. The second-order valence-corrected chi connectivity index (χ2v) is 5.48. The van der Waals surface area contributed by atoms with Crippen LogP contribution in [-0.4, -0.2) is 26.8 Å². The molecule has 0 heterocycles. The fourth-order valence-corrected chi connectivity index (χ4v) is 3.47. The van der Waals surface area contributed by atoms with Crippen molar-refractivity contribution in [3.8, 4) is 0 Å². The summed E-state index contributed by atoms with van der Waals surface area (Å²) in [5.74, 6) is 1.94. The molecule has 3 atom stereocenters. The molecule has 2 saturated carbocycles. The van der Waals surface area contributed by atoms with E-state index in [9.17, 15) is 0 Å². The molecule has 0 aromatic rings. The molecule has 1 spiro atoms. The number of nitrogens with one attached hydrogen (secondary N) is 1. The monoisotopic (exact) mass is 211 g/mol. The zero-order chi connectivity index (χ0) is 10.7. The van der Waals surface area contributed by atoms with Crippen LogP contribution in [0.3, 0.4) is 0 Å². The maximum absolute atomic E-state index is 5.04. The molecule has 2 aliphatic carbocycles. The van der Waals surface area contributed by atoms with E-state index in [1.807, 2.05) is 0 Å². The van der Waals surface area contributed by atoms with Gasteiger partial charge < -0.3 is 10.1 Å². The highest BCUT2D eigenvalue weighted by molar-refractivity contribution is 5.07. The van der Waals surface area contributed by atoms with Crippen LogP contribution in [0, 0.1) is 17.3 Å². The largest absolute Gasteiger partial charge is 0.383 e. The molecule has 2 fully saturated rings. The maximum atomic E-state index is 5.04. The molecule has 2 heteroatoms. The Balaban J connectivity index is 1.69. The van der Waals surface area contributed by atoms with Crippen LogP contribution in [0.4, 0.5) is 0 Å². The highest BCUT2D eigenvalue weighted by Crippen LogP contribution is 2.63. The van der Waals surface area contributed by atoms with Gasteiger partial charge in [-0.25, -0.2) is 0 Å². The number of ether oxygens (including phenoxy) is 1. The molecule has 15 heavy (non-hydrogen) atoms. The third-order valence-electron chi connectivity index (χ3n) is 4.66. The number of hydrogen-bond donors (Lipinski definition) is 1. The molecule has 0 aliphatic heterocycles. The Labute approximate surface area is 93.8 Å². The summed E-state index contributed by atoms with van der Waals surface area (Å²) < 4.78 is 5.04. The number of rotatable bonds is 5. The summed E-state index contributed by atoms with van der Waals surface area (Å²) in [4.78, 5) is 0. The lowest BCUT2D eigenvalue weighted by Gasteiger charge is -2.30. The fourth-order valence-electron chi connectivity index (χ4n) is 3.47. The van der Waals surface area contributed by atoms with Crippen LogP contribution in [0.1, 0.15) is 39.0 Å². The van der Waals surface area contributed by atoms with Crippen molar-refractivity contribution in [3.05, 3.63) is 0 Å². The van der Waals surface area contributed by atoms with Gasteiger partial charge in [-0.05, 0) is 36.6 Å². The van der Waals surface area contributed by atoms with Crippen molar-refractivity contribution in [1.29, 1.82) is 0 Å². The minimum atomic E-state index is 0.748. The van der Waals surface area contributed by atoms with Gasteiger partial charge in [0.05, 0.1) is 6.61 Å². The van der Waals surface area contributed by atoms with Crippen molar-refractivity contribution in [3.63, 3.8) is 0 Å². The standard InChI is InChI=1S/C13H25NO/c1-11-5-3-4-6-13(11)9-12(13)10-14-7-8-15-2/h11-12,14H,3-10H2,1-2H3. The lowest BCUT2D eigenvalue weighted by molar-refractivity contribution is 0.191. The first kappa shape index (κ1) is 11.4. The first-order valence-electron chi connectivity index (χ1n) is 6.49. The molecule has 0 saturated heterocycles. The van der Waals surface area contributed by atoms with Crippen molar-refractivity contribution in [1.82, 2.24) is 5.32 Å². The van der Waals surface area contributed by atoms with Gasteiger partial charge >= 0.3 is 0 Å². The van der Waals surface area contributed by atoms with Crippen molar-refractivity contribution < 1.29 is 4.74 Å². The van der Waals surface area contributed by atoms with E-state index in [0.29, 0.717) is 0 Å². The predicted molar refractivity (Wildman–Crippen MR) is 62.9 cm³/mol. The molecule has 0 bridgehead atoms. The van der Waals surface area contributed by atoms with E-state index in [0.717, 1.165) is 30.4 Å². The van der Waals surface area contributed by atoms with Crippen LogP contribution < -0.4 is 5.32 Å². The van der Waals surface area contributed by atoms with E-state index >= 15 is 0 Å². The normalized spacial score (nSPS) is 39.6. The number of hydrogen-bond acceptors (Lipinski definition) is 2. The van der Waals surface area contributed by atoms with Crippen LogP contribution in [0.2, 0.25) is 0 Å². The minimum absolute atomic E-state index is 0.748. The van der Waals surface area contributed by atoms with Crippen molar-refractivity contribution in [2.75, 3.05) is 26.8 Å². The Morgan fingerprint density at radius 2 is 2.27 bits per heavy atom. The fraction of sp³-hybridized carbons (Fsp3) is 1.00. The van der Waals surface area contributed by atoms with Crippen molar-refractivity contribution in [2.45, 2.75) is 39.0 Å². The number of methoxy groups -OCH3 is 1. The Morgan fingerprint density at radius 1 is 1.40 bits per heavy atom. The second-order valence-electron chi connectivity index (χ2n) is 5.48. The molecule has 0 amide bonds. The Morgan fingerprint density at radius 3 is 3.00 bits per heavy atom. The molecule has 0 aromatic heterocycles. The Bertz CT molecular complexity index is 207. The molecular formula is C13H25NO. The van der Waals surface area contributed by atoms with Crippen molar-refractivity contribution >= 4 is 0 Å². The maximum Gasteiger partial charge on any atom is 0.0587 e. The molecule has 2 rings (SSSR count). The van der Waals surface area contributed by atoms with Gasteiger partial charge in [0.15, 0.2) is 0 Å². The second kappa shape index (κ2) is 4.84. The van der Waals surface area contributed by atoms with E-state index in [2.05, 4.69) is 12.2 Å². The molecule has 2 nitrogen and oxygen atoms in total. The molecule has 0 radical (unpaired) electrons. The third kappa shape index (κ3) is 2.36. The first-order chi connectivity index (χ1) is 7.29. The van der Waals surface area contributed by atoms with E-state index < -0.39 is 0 Å². The van der Waals surface area contributed by atoms with E-state index in [4.69, 9.17) is 4.74 Å². The van der Waals surface area contributed by atoms with Crippen LogP contribution in [-0.2, 0) is 4.74 Å². The van der Waals surface area contributed by atoms with Gasteiger partial charge in [0, 0.05) is 13.7 Å². The van der Waals surface area contributed by atoms with Crippen LogP contribution in [0.15, 0.2) is 0 Å². The smallest absolute Gasteiger partial charge is 0.0587 e. The minimum Gasteiger partial charge on any atom is -0.383 e. The predicted octanol–water partition coefficient (Wildman–Crippen LogP) is 2.44. The first-order valence-corrected chi connectivity index (χ1v) is 6.49. The zero-order valence-corrected chi connectivity index (χ0v) is 10.2. The van der Waals surface area contributed by atoms with Gasteiger partial charge in [0.25, 0.3) is 0 Å². The molecular weight excluding hydrogens is 186 g/mol. The summed E-state index contributed by atoms with van der Waals surface area (Å²) in [6, 6.07) is 0. The van der Waals surface area contributed by atoms with Crippen molar-refractivity contribution in [2.24, 2.45) is 17.3 Å². The average molecular weight is 211 g/mol. The SMILES string of the molecule is COCCNCC1CC12CCCCC2C. The molecule has 2 aliphatic rings. The highest BCUT2D eigenvalue weighted by Gasteiger charge is 2.56. The van der Waals surface area contributed by atoms with Gasteiger partial charge in [0.1, 0.15) is 0 Å². The topological polar surface area (TPSA) is 21.3 Å². The quantitative estimate of drug-likeness (QED) is 0.705. The van der Waals surface area contributed by atoms with E-state index in [1.165, 1.54) is 38.6 Å². The van der Waals surface area contributed by atoms with Crippen LogP contribution in [0.25, 0.3) is 0 Å². The van der Waals surface area contributed by atoms with Gasteiger partial charge in [-0.3, -0.25) is 0 Å². The summed E-state index contributed by atoms with van der Waals surface area (Å²) in [6.07, 6.45) is 7.37. The molecule has 0 aromatic carbocycles. The Hall–Kier alpha value is -0.0800. The van der Waals surface area contributed by atoms with Gasteiger partial charge in [-0.15, -0.1) is 0 Å². The Kier molecular flexibility index (Phi) is 3.68. The summed E-state index contributed by atoms with van der Waals surface area (Å²) in [6.45, 7) is 5.54. The lowest BCUT2D eigenvalue weighted by atomic mass is 9.76. The lowest BCUT2D eigenvalue weighted by Crippen LogP contribution is -2.27. The third-order valence-corrected chi connectivity index (χ3v) is 4.66. The summed E-state index contributed by atoms with van der Waals surface area (Å²) >= 11 is 0. The van der Waals surface area contributed by atoms with Gasteiger partial charge in [0.2, 0.25) is 0 Å². The summed E-state index contributed by atoms with van der Waals surface area (Å²) in [7, 11) is 1.77. The van der Waals surface area contributed by atoms with Crippen LogP contribution in [0.5, 0.6) is 0 Å². The highest BCUT2D eigenvalue weighted by atomic mass is 16.5. The zero-order valence-electron chi connectivity index (χ0n) is 10.2. The van der Waals surface area contributed by atoms with Gasteiger partial charge in [-0.2, -0.15) is 0 Å². The van der Waals surface area contributed by atoms with Crippen LogP contribution >= 0.6 is 0 Å². The van der Waals surface area contributed by atoms with Gasteiger partial charge in [-0.1, -0.05) is 26.2 Å².